The molecular formula is C19H18BrN3O2S. The first-order chi connectivity index (χ1) is 12.7. The summed E-state index contributed by atoms with van der Waals surface area (Å²) in [5.74, 6) is 0.220. The summed E-state index contributed by atoms with van der Waals surface area (Å²) in [6, 6.07) is 15.7. The largest absolute Gasteiger partial charge is 0.350 e. The zero-order valence-corrected chi connectivity index (χ0v) is 16.5. The number of rotatable bonds is 4. The van der Waals surface area contributed by atoms with Crippen LogP contribution in [0.15, 0.2) is 56.8 Å². The third-order valence-electron chi connectivity index (χ3n) is 4.46. The quantitative estimate of drug-likeness (QED) is 0.623. The highest BCUT2D eigenvalue weighted by Crippen LogP contribution is 2.24. The molecule has 0 radical (unpaired) electrons. The molecule has 1 amide bonds. The lowest BCUT2D eigenvalue weighted by atomic mass is 10.1. The fraction of sp³-hybridized carbons (Fsp3) is 0.263. The van der Waals surface area contributed by atoms with Gasteiger partial charge in [-0.25, -0.2) is 0 Å². The first-order valence-electron chi connectivity index (χ1n) is 8.47. The number of carbonyl (C=O) groups excluding carboxylic acids is 1. The number of aromatic nitrogens is 1. The van der Waals surface area contributed by atoms with Crippen LogP contribution < -0.4 is 0 Å². The zero-order valence-electron chi connectivity index (χ0n) is 14.1. The topological polar surface area (TPSA) is 49.6 Å². The molecule has 26 heavy (non-hydrogen) atoms. The molecule has 1 saturated heterocycles. The first-order valence-corrected chi connectivity index (χ1v) is 10.1. The summed E-state index contributed by atoms with van der Waals surface area (Å²) >= 11 is 5.26. The van der Waals surface area contributed by atoms with Crippen LogP contribution in [-0.4, -0.2) is 47.0 Å². The molecule has 0 aliphatic carbocycles. The van der Waals surface area contributed by atoms with Crippen LogP contribution in [0.2, 0.25) is 0 Å². The highest BCUT2D eigenvalue weighted by Gasteiger charge is 2.25. The molecule has 1 aromatic carbocycles. The number of hydrogen-bond donors (Lipinski definition) is 0. The average molecular weight is 432 g/mol. The Morgan fingerprint density at radius 1 is 1.12 bits per heavy atom. The van der Waals surface area contributed by atoms with Crippen molar-refractivity contribution in [1.82, 2.24) is 15.0 Å². The van der Waals surface area contributed by atoms with E-state index >= 15 is 0 Å². The number of nitrogens with zero attached hydrogens (tertiary/aromatic N) is 3. The van der Waals surface area contributed by atoms with Crippen LogP contribution in [0.3, 0.4) is 0 Å². The summed E-state index contributed by atoms with van der Waals surface area (Å²) in [6.45, 7) is 4.06. The molecule has 0 bridgehead atoms. The minimum atomic E-state index is -0.0850. The SMILES string of the molecule is O=C(c1cc(-c2ccccc2)no1)N1CCN(Cc2ccc(Br)s2)CC1. The lowest BCUT2D eigenvalue weighted by molar-refractivity contribution is 0.0590. The van der Waals surface area contributed by atoms with Gasteiger partial charge in [0.25, 0.3) is 5.91 Å². The third-order valence-corrected chi connectivity index (χ3v) is 6.07. The van der Waals surface area contributed by atoms with Crippen molar-refractivity contribution in [2.45, 2.75) is 6.54 Å². The van der Waals surface area contributed by atoms with E-state index in [9.17, 15) is 4.79 Å². The Labute approximate surface area is 164 Å². The van der Waals surface area contributed by atoms with Gasteiger partial charge in [-0.15, -0.1) is 11.3 Å². The van der Waals surface area contributed by atoms with Crippen LogP contribution in [0.4, 0.5) is 0 Å². The second kappa shape index (κ2) is 7.73. The van der Waals surface area contributed by atoms with Crippen molar-refractivity contribution < 1.29 is 9.32 Å². The number of piperazine rings is 1. The Balaban J connectivity index is 1.36. The van der Waals surface area contributed by atoms with Gasteiger partial charge in [0.05, 0.1) is 3.79 Å². The fourth-order valence-electron chi connectivity index (χ4n) is 3.04. The molecular weight excluding hydrogens is 414 g/mol. The molecule has 0 atom stereocenters. The highest BCUT2D eigenvalue weighted by atomic mass is 79.9. The van der Waals surface area contributed by atoms with Crippen LogP contribution in [0.1, 0.15) is 15.4 Å². The second-order valence-corrected chi connectivity index (χ2v) is 8.76. The molecule has 1 aliphatic heterocycles. The van der Waals surface area contributed by atoms with Crippen molar-refractivity contribution in [1.29, 1.82) is 0 Å². The lowest BCUT2D eigenvalue weighted by Gasteiger charge is -2.33. The van der Waals surface area contributed by atoms with Gasteiger partial charge < -0.3 is 9.42 Å². The molecule has 0 spiro atoms. The molecule has 0 saturated carbocycles. The van der Waals surface area contributed by atoms with Crippen molar-refractivity contribution in [2.75, 3.05) is 26.2 Å². The summed E-state index contributed by atoms with van der Waals surface area (Å²) in [6.07, 6.45) is 0. The Hall–Kier alpha value is -1.96. The summed E-state index contributed by atoms with van der Waals surface area (Å²) in [4.78, 5) is 18.2. The number of carbonyl (C=O) groups is 1. The van der Waals surface area contributed by atoms with Gasteiger partial charge >= 0.3 is 0 Å². The van der Waals surface area contributed by atoms with E-state index in [1.54, 1.807) is 17.4 Å². The minimum Gasteiger partial charge on any atom is -0.350 e. The van der Waals surface area contributed by atoms with E-state index in [4.69, 9.17) is 4.52 Å². The molecule has 3 aromatic rings. The van der Waals surface area contributed by atoms with Crippen LogP contribution in [0.25, 0.3) is 11.3 Å². The van der Waals surface area contributed by atoms with E-state index in [1.165, 1.54) is 4.88 Å². The first kappa shape index (κ1) is 17.5. The number of halogens is 1. The van der Waals surface area contributed by atoms with Gasteiger partial charge in [-0.1, -0.05) is 35.5 Å². The minimum absolute atomic E-state index is 0.0850. The van der Waals surface area contributed by atoms with Gasteiger partial charge in [0.15, 0.2) is 0 Å². The highest BCUT2D eigenvalue weighted by molar-refractivity contribution is 9.11. The molecule has 5 nitrogen and oxygen atoms in total. The smallest absolute Gasteiger partial charge is 0.292 e. The number of amides is 1. The van der Waals surface area contributed by atoms with Crippen LogP contribution in [0.5, 0.6) is 0 Å². The van der Waals surface area contributed by atoms with E-state index in [2.05, 4.69) is 38.1 Å². The van der Waals surface area contributed by atoms with E-state index in [-0.39, 0.29) is 5.91 Å². The molecule has 134 valence electrons. The predicted octanol–water partition coefficient (Wildman–Crippen LogP) is 4.12. The number of hydrogen-bond acceptors (Lipinski definition) is 5. The van der Waals surface area contributed by atoms with Crippen LogP contribution in [-0.2, 0) is 6.54 Å². The Kier molecular flexibility index (Phi) is 5.19. The summed E-state index contributed by atoms with van der Waals surface area (Å²) in [5, 5.41) is 4.04. The van der Waals surface area contributed by atoms with Crippen molar-refractivity contribution in [2.24, 2.45) is 0 Å². The summed E-state index contributed by atoms with van der Waals surface area (Å²) in [7, 11) is 0. The standard InChI is InChI=1S/C19H18BrN3O2S/c20-18-7-6-15(26-18)13-22-8-10-23(11-9-22)19(24)17-12-16(21-25-17)14-4-2-1-3-5-14/h1-7,12H,8-11,13H2. The van der Waals surface area contributed by atoms with Crippen LogP contribution >= 0.6 is 27.3 Å². The molecule has 0 N–H and O–H groups in total. The molecule has 4 rings (SSSR count). The van der Waals surface area contributed by atoms with Gasteiger partial charge in [0.2, 0.25) is 5.76 Å². The Morgan fingerprint density at radius 3 is 2.58 bits per heavy atom. The van der Waals surface area contributed by atoms with Crippen LogP contribution in [0, 0.1) is 0 Å². The van der Waals surface area contributed by atoms with E-state index in [0.717, 1.165) is 29.0 Å². The molecule has 0 unspecified atom stereocenters. The second-order valence-electron chi connectivity index (χ2n) is 6.22. The van der Waals surface area contributed by atoms with Gasteiger partial charge in [-0.05, 0) is 28.1 Å². The van der Waals surface area contributed by atoms with E-state index in [1.807, 2.05) is 35.2 Å². The predicted molar refractivity (Wildman–Crippen MR) is 105 cm³/mol. The van der Waals surface area contributed by atoms with Gasteiger partial charge in [0, 0.05) is 49.2 Å². The number of thiophene rings is 1. The molecule has 7 heteroatoms. The maximum Gasteiger partial charge on any atom is 0.292 e. The maximum atomic E-state index is 12.7. The van der Waals surface area contributed by atoms with Gasteiger partial charge in [-0.3, -0.25) is 9.69 Å². The van der Waals surface area contributed by atoms with Crippen molar-refractivity contribution >= 4 is 33.2 Å². The maximum absolute atomic E-state index is 12.7. The number of benzene rings is 1. The van der Waals surface area contributed by atoms with E-state index < -0.39 is 0 Å². The molecule has 1 fully saturated rings. The molecule has 3 heterocycles. The average Bonchev–Trinajstić information content (AvgIpc) is 3.32. The zero-order chi connectivity index (χ0) is 17.9. The normalized spacial score (nSPS) is 15.3. The fourth-order valence-corrected chi connectivity index (χ4v) is 4.57. The van der Waals surface area contributed by atoms with Gasteiger partial charge in [0.1, 0.15) is 5.69 Å². The monoisotopic (exact) mass is 431 g/mol. The van der Waals surface area contributed by atoms with Crippen molar-refractivity contribution in [3.8, 4) is 11.3 Å². The molecule has 1 aliphatic rings. The summed E-state index contributed by atoms with van der Waals surface area (Å²) < 4.78 is 6.45. The van der Waals surface area contributed by atoms with Gasteiger partial charge in [-0.2, -0.15) is 0 Å². The Bertz CT molecular complexity index is 885. The Morgan fingerprint density at radius 2 is 1.88 bits per heavy atom. The van der Waals surface area contributed by atoms with E-state index in [0.29, 0.717) is 24.5 Å². The third kappa shape index (κ3) is 3.90. The van der Waals surface area contributed by atoms with Crippen molar-refractivity contribution in [3.05, 3.63) is 63.0 Å². The van der Waals surface area contributed by atoms with Crippen molar-refractivity contribution in [3.63, 3.8) is 0 Å². The lowest BCUT2D eigenvalue weighted by Crippen LogP contribution is -2.48. The molecule has 2 aromatic heterocycles. The summed E-state index contributed by atoms with van der Waals surface area (Å²) in [5.41, 5.74) is 1.64.